The van der Waals surface area contributed by atoms with Crippen LogP contribution in [-0.4, -0.2) is 16.3 Å². The Balaban J connectivity index is 1.53. The number of aliphatic imine (C=N–C) groups is 1. The molecule has 0 aliphatic carbocycles. The zero-order valence-corrected chi connectivity index (χ0v) is 16.7. The van der Waals surface area contributed by atoms with Gasteiger partial charge < -0.3 is 9.52 Å². The minimum absolute atomic E-state index is 0.0777. The Labute approximate surface area is 171 Å². The van der Waals surface area contributed by atoms with E-state index in [1.807, 2.05) is 67.6 Å². The van der Waals surface area contributed by atoms with Gasteiger partial charge in [-0.1, -0.05) is 40.2 Å². The molecule has 1 aromatic heterocycles. The molecule has 0 unspecified atom stereocenters. The summed E-state index contributed by atoms with van der Waals surface area (Å²) in [6, 6.07) is 19.0. The van der Waals surface area contributed by atoms with Crippen molar-refractivity contribution in [2.45, 2.75) is 6.92 Å². The maximum absolute atomic E-state index is 10.4. The number of rotatable bonds is 4. The van der Waals surface area contributed by atoms with E-state index in [1.165, 1.54) is 0 Å². The summed E-state index contributed by atoms with van der Waals surface area (Å²) in [4.78, 5) is 8.83. The summed E-state index contributed by atoms with van der Waals surface area (Å²) < 4.78 is 6.79. The highest BCUT2D eigenvalue weighted by atomic mass is 79.9. The van der Waals surface area contributed by atoms with Crippen molar-refractivity contribution in [3.8, 4) is 17.2 Å². The zero-order valence-electron chi connectivity index (χ0n) is 15.1. The Kier molecular flexibility index (Phi) is 5.08. The second-order valence-electron chi connectivity index (χ2n) is 6.38. The smallest absolute Gasteiger partial charge is 0.231 e. The number of aromatic hydroxyl groups is 1. The monoisotopic (exact) mass is 432 g/mol. The van der Waals surface area contributed by atoms with E-state index in [1.54, 1.807) is 18.3 Å². The van der Waals surface area contributed by atoms with E-state index in [4.69, 9.17) is 4.42 Å². The number of aromatic nitrogens is 1. The van der Waals surface area contributed by atoms with Crippen molar-refractivity contribution in [3.05, 3.63) is 82.3 Å². The third-order valence-electron chi connectivity index (χ3n) is 4.20. The Morgan fingerprint density at radius 2 is 1.96 bits per heavy atom. The van der Waals surface area contributed by atoms with Crippen LogP contribution in [0.4, 0.5) is 5.69 Å². The molecule has 0 saturated heterocycles. The predicted molar refractivity (Wildman–Crippen MR) is 117 cm³/mol. The van der Waals surface area contributed by atoms with Gasteiger partial charge in [0.2, 0.25) is 5.89 Å². The van der Waals surface area contributed by atoms with E-state index in [0.717, 1.165) is 21.1 Å². The number of hydrogen-bond donors (Lipinski definition) is 1. The van der Waals surface area contributed by atoms with Crippen molar-refractivity contribution >= 4 is 45.0 Å². The van der Waals surface area contributed by atoms with Crippen LogP contribution in [0.5, 0.6) is 5.75 Å². The van der Waals surface area contributed by atoms with Crippen molar-refractivity contribution in [2.75, 3.05) is 0 Å². The molecule has 0 spiro atoms. The molecular weight excluding hydrogens is 416 g/mol. The van der Waals surface area contributed by atoms with Crippen LogP contribution >= 0.6 is 15.9 Å². The summed E-state index contributed by atoms with van der Waals surface area (Å²) in [6.07, 6.45) is 5.51. The number of phenolic OH excluding ortho intramolecular Hbond substituents is 1. The first kappa shape index (κ1) is 18.2. The van der Waals surface area contributed by atoms with Crippen LogP contribution in [0.3, 0.4) is 0 Å². The molecule has 4 rings (SSSR count). The maximum Gasteiger partial charge on any atom is 0.231 e. The molecule has 0 amide bonds. The van der Waals surface area contributed by atoms with E-state index in [9.17, 15) is 5.11 Å². The summed E-state index contributed by atoms with van der Waals surface area (Å²) in [5.41, 5.74) is 4.83. The van der Waals surface area contributed by atoms with Gasteiger partial charge in [-0.15, -0.1) is 0 Å². The molecule has 0 aliphatic heterocycles. The number of allylic oxidation sites excluding steroid dienone is 1. The Hall–Kier alpha value is -3.18. The molecule has 1 N–H and O–H groups in total. The average Bonchev–Trinajstić information content (AvgIpc) is 3.08. The van der Waals surface area contributed by atoms with Crippen molar-refractivity contribution in [1.82, 2.24) is 4.98 Å². The topological polar surface area (TPSA) is 58.6 Å². The van der Waals surface area contributed by atoms with Gasteiger partial charge in [0.15, 0.2) is 5.58 Å². The summed E-state index contributed by atoms with van der Waals surface area (Å²) in [7, 11) is 0. The molecule has 0 aliphatic rings. The predicted octanol–water partition coefficient (Wildman–Crippen LogP) is 6.69. The quantitative estimate of drug-likeness (QED) is 0.365. The van der Waals surface area contributed by atoms with Crippen molar-refractivity contribution in [2.24, 2.45) is 4.99 Å². The standard InChI is InChI=1S/C23H17BrN2O2/c1-15-7-10-22-20(12-15)26-23(28-22)19-9-8-18(14-21(19)27)25-11-3-5-16-4-2-6-17(24)13-16/h2-14,27H,1H3. The molecule has 0 atom stereocenters. The summed E-state index contributed by atoms with van der Waals surface area (Å²) >= 11 is 3.45. The molecule has 28 heavy (non-hydrogen) atoms. The van der Waals surface area contributed by atoms with Gasteiger partial charge in [0.25, 0.3) is 0 Å². The summed E-state index contributed by atoms with van der Waals surface area (Å²) in [5, 5.41) is 10.4. The Bertz CT molecular complexity index is 1210. The second kappa shape index (κ2) is 7.82. The molecule has 1 heterocycles. The van der Waals surface area contributed by atoms with Crippen LogP contribution in [0, 0.1) is 6.92 Å². The minimum atomic E-state index is 0.0777. The largest absolute Gasteiger partial charge is 0.507 e. The normalized spacial score (nSPS) is 11.8. The zero-order chi connectivity index (χ0) is 19.5. The van der Waals surface area contributed by atoms with E-state index < -0.39 is 0 Å². The van der Waals surface area contributed by atoms with Crippen LogP contribution in [0.1, 0.15) is 11.1 Å². The van der Waals surface area contributed by atoms with Gasteiger partial charge in [-0.3, -0.25) is 4.99 Å². The van der Waals surface area contributed by atoms with Gasteiger partial charge in [0, 0.05) is 16.8 Å². The van der Waals surface area contributed by atoms with Crippen LogP contribution in [0.25, 0.3) is 28.6 Å². The lowest BCUT2D eigenvalue weighted by molar-refractivity contribution is 0.474. The van der Waals surface area contributed by atoms with Gasteiger partial charge in [-0.25, -0.2) is 4.98 Å². The molecule has 5 heteroatoms. The van der Waals surface area contributed by atoms with Gasteiger partial charge in [-0.05, 0) is 60.5 Å². The molecule has 4 nitrogen and oxygen atoms in total. The molecule has 0 fully saturated rings. The van der Waals surface area contributed by atoms with Gasteiger partial charge in [0.1, 0.15) is 11.3 Å². The lowest BCUT2D eigenvalue weighted by atomic mass is 10.2. The first-order valence-electron chi connectivity index (χ1n) is 8.75. The molecule has 3 aromatic carbocycles. The van der Waals surface area contributed by atoms with E-state index in [0.29, 0.717) is 22.7 Å². The first-order valence-corrected chi connectivity index (χ1v) is 9.55. The molecule has 138 valence electrons. The van der Waals surface area contributed by atoms with Crippen molar-refractivity contribution < 1.29 is 9.52 Å². The van der Waals surface area contributed by atoms with E-state index in [2.05, 4.69) is 25.9 Å². The SMILES string of the molecule is Cc1ccc2oc(-c3ccc(N=CC=Cc4cccc(Br)c4)cc3O)nc2c1. The second-order valence-corrected chi connectivity index (χ2v) is 7.30. The minimum Gasteiger partial charge on any atom is -0.507 e. The summed E-state index contributed by atoms with van der Waals surface area (Å²) in [5.74, 6) is 0.470. The highest BCUT2D eigenvalue weighted by molar-refractivity contribution is 9.10. The van der Waals surface area contributed by atoms with Gasteiger partial charge in [-0.2, -0.15) is 0 Å². The lowest BCUT2D eigenvalue weighted by Crippen LogP contribution is -1.79. The Morgan fingerprint density at radius 1 is 1.07 bits per heavy atom. The van der Waals surface area contributed by atoms with Crippen molar-refractivity contribution in [1.29, 1.82) is 0 Å². The summed E-state index contributed by atoms with van der Waals surface area (Å²) in [6.45, 7) is 2.00. The molecule has 0 bridgehead atoms. The molecule has 4 aromatic rings. The van der Waals surface area contributed by atoms with Crippen LogP contribution < -0.4 is 0 Å². The average molecular weight is 433 g/mol. The lowest BCUT2D eigenvalue weighted by Gasteiger charge is -2.01. The fourth-order valence-electron chi connectivity index (χ4n) is 2.83. The number of phenols is 1. The number of benzene rings is 3. The number of hydrogen-bond acceptors (Lipinski definition) is 4. The molecule has 0 saturated carbocycles. The fourth-order valence-corrected chi connectivity index (χ4v) is 3.24. The van der Waals surface area contributed by atoms with Crippen LogP contribution in [-0.2, 0) is 0 Å². The fraction of sp³-hybridized carbons (Fsp3) is 0.0435. The highest BCUT2D eigenvalue weighted by Gasteiger charge is 2.12. The van der Waals surface area contributed by atoms with Crippen molar-refractivity contribution in [3.63, 3.8) is 0 Å². The van der Waals surface area contributed by atoms with E-state index >= 15 is 0 Å². The highest BCUT2D eigenvalue weighted by Crippen LogP contribution is 2.33. The number of oxazole rings is 1. The van der Waals surface area contributed by atoms with Crippen LogP contribution in [0.15, 0.2) is 80.6 Å². The Morgan fingerprint density at radius 3 is 2.79 bits per heavy atom. The molecular formula is C23H17BrN2O2. The van der Waals surface area contributed by atoms with Crippen LogP contribution in [0.2, 0.25) is 0 Å². The first-order chi connectivity index (χ1) is 13.6. The maximum atomic E-state index is 10.4. The number of fused-ring (bicyclic) bond motifs is 1. The third-order valence-corrected chi connectivity index (χ3v) is 4.70. The van der Waals surface area contributed by atoms with Gasteiger partial charge >= 0.3 is 0 Å². The van der Waals surface area contributed by atoms with Gasteiger partial charge in [0.05, 0.1) is 11.3 Å². The van der Waals surface area contributed by atoms with E-state index in [-0.39, 0.29) is 5.75 Å². The number of aryl methyl sites for hydroxylation is 1. The number of nitrogens with zero attached hydrogens (tertiary/aromatic N) is 2. The molecule has 0 radical (unpaired) electrons. The number of halogens is 1. The third kappa shape index (κ3) is 4.05.